The molecule has 3 heteroatoms. The molecule has 0 spiro atoms. The average Bonchev–Trinajstić information content (AvgIpc) is 2.36. The van der Waals surface area contributed by atoms with Crippen molar-refractivity contribution < 1.29 is 4.74 Å². The number of rotatable bonds is 3. The molecule has 1 aliphatic rings. The van der Waals surface area contributed by atoms with Crippen LogP contribution in [0, 0.1) is 0 Å². The fraction of sp³-hybridized carbons (Fsp3) is 0.600. The predicted molar refractivity (Wildman–Crippen MR) is 88.2 cm³/mol. The molecule has 18 heavy (non-hydrogen) atoms. The average molecular weight is 423 g/mol. The van der Waals surface area contributed by atoms with Gasteiger partial charge >= 0.3 is 0 Å². The van der Waals surface area contributed by atoms with Crippen LogP contribution in [0.25, 0.3) is 0 Å². The molecule has 0 aliphatic heterocycles. The number of hydrogen-bond acceptors (Lipinski definition) is 1. The zero-order valence-corrected chi connectivity index (χ0v) is 14.3. The molecule has 0 heterocycles. The highest BCUT2D eigenvalue weighted by Gasteiger charge is 2.20. The molecule has 0 saturated heterocycles. The van der Waals surface area contributed by atoms with Gasteiger partial charge in [-0.1, -0.05) is 76.3 Å². The first-order valence-corrected chi connectivity index (χ1v) is 8.79. The van der Waals surface area contributed by atoms with E-state index in [1.54, 1.807) is 0 Å². The van der Waals surface area contributed by atoms with E-state index in [1.807, 2.05) is 0 Å². The third-order valence-corrected chi connectivity index (χ3v) is 5.45. The number of halogens is 2. The number of hydrogen-bond donors (Lipinski definition) is 0. The Morgan fingerprint density at radius 1 is 1.06 bits per heavy atom. The Morgan fingerprint density at radius 2 is 1.72 bits per heavy atom. The van der Waals surface area contributed by atoms with Gasteiger partial charge in [0.05, 0.1) is 12.7 Å². The smallest absolute Gasteiger partial charge is 0.0721 e. The first-order chi connectivity index (χ1) is 8.75. The van der Waals surface area contributed by atoms with E-state index in [0.717, 1.165) is 11.1 Å². The Balaban J connectivity index is 1.85. The second-order valence-corrected chi connectivity index (χ2v) is 7.50. The van der Waals surface area contributed by atoms with E-state index in [2.05, 4.69) is 62.8 Å². The summed E-state index contributed by atoms with van der Waals surface area (Å²) in [6.45, 7) is 0.747. The van der Waals surface area contributed by atoms with Crippen LogP contribution < -0.4 is 0 Å². The van der Waals surface area contributed by atoms with Gasteiger partial charge < -0.3 is 4.74 Å². The van der Waals surface area contributed by atoms with Gasteiger partial charge in [0.25, 0.3) is 0 Å². The maximum absolute atomic E-state index is 6.13. The first-order valence-electron chi connectivity index (χ1n) is 6.76. The van der Waals surface area contributed by atoms with Crippen LogP contribution in [-0.4, -0.2) is 10.0 Å². The van der Waals surface area contributed by atoms with Crippen LogP contribution in [0.2, 0.25) is 0 Å². The van der Waals surface area contributed by atoms with E-state index < -0.39 is 0 Å². The summed E-state index contributed by atoms with van der Waals surface area (Å²) in [5.41, 5.74) is 1.27. The summed E-state index contributed by atoms with van der Waals surface area (Å²) in [5, 5.41) is 0. The van der Waals surface area contributed by atoms with Crippen LogP contribution >= 0.6 is 38.5 Å². The summed E-state index contributed by atoms with van der Waals surface area (Å²) in [7, 11) is 0. The van der Waals surface area contributed by atoms with Crippen molar-refractivity contribution in [2.45, 2.75) is 55.2 Å². The monoisotopic (exact) mass is 422 g/mol. The zero-order valence-electron chi connectivity index (χ0n) is 10.6. The summed E-state index contributed by atoms with van der Waals surface area (Å²) >= 11 is 6.04. The second kappa shape index (κ2) is 7.85. The Labute approximate surface area is 132 Å². The predicted octanol–water partition coefficient (Wildman–Crippen LogP) is 5.49. The first kappa shape index (κ1) is 14.8. The van der Waals surface area contributed by atoms with E-state index in [1.165, 1.54) is 44.1 Å². The van der Waals surface area contributed by atoms with E-state index in [9.17, 15) is 0 Å². The largest absolute Gasteiger partial charge is 0.372 e. The molecular formula is C15H20BrIO. The lowest BCUT2D eigenvalue weighted by atomic mass is 9.98. The highest BCUT2D eigenvalue weighted by molar-refractivity contribution is 14.1. The lowest BCUT2D eigenvalue weighted by Crippen LogP contribution is -2.25. The van der Waals surface area contributed by atoms with Gasteiger partial charge in [0.15, 0.2) is 0 Å². The van der Waals surface area contributed by atoms with Crippen LogP contribution in [-0.2, 0) is 11.3 Å². The molecule has 0 N–H and O–H groups in total. The Hall–Kier alpha value is 0.390. The van der Waals surface area contributed by atoms with Crippen molar-refractivity contribution in [2.24, 2.45) is 0 Å². The van der Waals surface area contributed by atoms with Crippen LogP contribution in [0.1, 0.15) is 44.1 Å². The molecule has 1 nitrogen and oxygen atoms in total. The number of ether oxygens (including phenoxy) is 1. The van der Waals surface area contributed by atoms with Gasteiger partial charge in [-0.3, -0.25) is 0 Å². The Bertz CT molecular complexity index is 352. The molecule has 0 aromatic heterocycles. The zero-order chi connectivity index (χ0) is 12.8. The van der Waals surface area contributed by atoms with Crippen LogP contribution in [0.3, 0.4) is 0 Å². The minimum Gasteiger partial charge on any atom is -0.372 e. The molecule has 1 saturated carbocycles. The third-order valence-electron chi connectivity index (χ3n) is 3.50. The summed E-state index contributed by atoms with van der Waals surface area (Å²) in [5.74, 6) is 0. The van der Waals surface area contributed by atoms with Gasteiger partial charge in [0, 0.05) is 8.40 Å². The summed E-state index contributed by atoms with van der Waals surface area (Å²) in [4.78, 5) is 0. The third kappa shape index (κ3) is 4.82. The molecule has 1 aromatic carbocycles. The van der Waals surface area contributed by atoms with E-state index in [-0.39, 0.29) is 0 Å². The lowest BCUT2D eigenvalue weighted by molar-refractivity contribution is 0.0309. The second-order valence-electron chi connectivity index (χ2n) is 4.98. The minimum absolute atomic E-state index is 0.439. The maximum atomic E-state index is 6.13. The van der Waals surface area contributed by atoms with Crippen molar-refractivity contribution in [1.29, 1.82) is 0 Å². The molecule has 1 fully saturated rings. The van der Waals surface area contributed by atoms with Gasteiger partial charge in [0.1, 0.15) is 0 Å². The Morgan fingerprint density at radius 3 is 2.44 bits per heavy atom. The van der Waals surface area contributed by atoms with Crippen molar-refractivity contribution in [1.82, 2.24) is 0 Å². The SMILES string of the molecule is Brc1ccc(COC2CCCCCCC2I)cc1. The van der Waals surface area contributed by atoms with Gasteiger partial charge in [-0.15, -0.1) is 0 Å². The highest BCUT2D eigenvalue weighted by atomic mass is 127. The maximum Gasteiger partial charge on any atom is 0.0721 e. The van der Waals surface area contributed by atoms with Gasteiger partial charge in [-0.05, 0) is 30.5 Å². The molecule has 2 atom stereocenters. The molecule has 1 aromatic rings. The molecule has 0 radical (unpaired) electrons. The molecule has 2 rings (SSSR count). The molecule has 100 valence electrons. The molecule has 0 amide bonds. The van der Waals surface area contributed by atoms with Crippen molar-refractivity contribution >= 4 is 38.5 Å². The van der Waals surface area contributed by atoms with E-state index in [0.29, 0.717) is 10.0 Å². The van der Waals surface area contributed by atoms with Crippen LogP contribution in [0.5, 0.6) is 0 Å². The van der Waals surface area contributed by atoms with Crippen molar-refractivity contribution in [2.75, 3.05) is 0 Å². The Kier molecular flexibility index (Phi) is 6.45. The van der Waals surface area contributed by atoms with Crippen molar-refractivity contribution in [3.63, 3.8) is 0 Å². The topological polar surface area (TPSA) is 9.23 Å². The normalized spacial score (nSPS) is 25.4. The van der Waals surface area contributed by atoms with Gasteiger partial charge in [-0.25, -0.2) is 0 Å². The molecule has 1 aliphatic carbocycles. The molecule has 2 unspecified atom stereocenters. The van der Waals surface area contributed by atoms with E-state index in [4.69, 9.17) is 4.74 Å². The summed E-state index contributed by atoms with van der Waals surface area (Å²) in [6.07, 6.45) is 8.45. The highest BCUT2D eigenvalue weighted by Crippen LogP contribution is 2.26. The van der Waals surface area contributed by atoms with Crippen LogP contribution in [0.4, 0.5) is 0 Å². The fourth-order valence-corrected chi connectivity index (χ4v) is 3.65. The quantitative estimate of drug-likeness (QED) is 0.462. The molecular weight excluding hydrogens is 403 g/mol. The number of benzene rings is 1. The lowest BCUT2D eigenvalue weighted by Gasteiger charge is -2.25. The van der Waals surface area contributed by atoms with Crippen LogP contribution in [0.15, 0.2) is 28.7 Å². The van der Waals surface area contributed by atoms with Crippen molar-refractivity contribution in [3.8, 4) is 0 Å². The van der Waals surface area contributed by atoms with E-state index >= 15 is 0 Å². The van der Waals surface area contributed by atoms with Gasteiger partial charge in [-0.2, -0.15) is 0 Å². The molecule has 0 bridgehead atoms. The fourth-order valence-electron chi connectivity index (χ4n) is 2.38. The summed E-state index contributed by atoms with van der Waals surface area (Å²) < 4.78 is 7.94. The van der Waals surface area contributed by atoms with Crippen molar-refractivity contribution in [3.05, 3.63) is 34.3 Å². The van der Waals surface area contributed by atoms with Gasteiger partial charge in [0.2, 0.25) is 0 Å². The minimum atomic E-state index is 0.439. The number of alkyl halides is 1. The standard InChI is InChI=1S/C15H20BrIO/c16-13-9-7-12(8-10-13)11-18-15-6-4-2-1-3-5-14(15)17/h7-10,14-15H,1-6,11H2. The summed E-state index contributed by atoms with van der Waals surface area (Å²) in [6, 6.07) is 8.43.